The number of hydrogen-bond donors (Lipinski definition) is 0. The maximum atomic E-state index is 13.5. The van der Waals surface area contributed by atoms with E-state index in [-0.39, 0.29) is 11.4 Å². The molecule has 0 aliphatic carbocycles. The van der Waals surface area contributed by atoms with Crippen LogP contribution in [-0.4, -0.2) is 40.5 Å². The van der Waals surface area contributed by atoms with Crippen LogP contribution in [-0.2, 0) is 20.2 Å². The van der Waals surface area contributed by atoms with Gasteiger partial charge in [-0.05, 0) is 103 Å². The summed E-state index contributed by atoms with van der Waals surface area (Å²) >= 11 is 0. The Morgan fingerprint density at radius 1 is 0.520 bits per heavy atom. The largest absolute Gasteiger partial charge is 0.497 e. The van der Waals surface area contributed by atoms with E-state index in [1.165, 1.54) is 38.5 Å². The lowest BCUT2D eigenvalue weighted by Crippen LogP contribution is -2.33. The van der Waals surface area contributed by atoms with Gasteiger partial charge in [0.05, 0.1) is 25.6 Å². The third kappa shape index (κ3) is 8.40. The van der Waals surface area contributed by atoms with Gasteiger partial charge in [-0.3, -0.25) is 18.2 Å². The molecule has 0 unspecified atom stereocenters. The maximum absolute atomic E-state index is 13.5. The Balaban J connectivity index is 1.44. The summed E-state index contributed by atoms with van der Waals surface area (Å²) in [5.74, 6) is 1.29. The van der Waals surface area contributed by atoms with Gasteiger partial charge in [0.1, 0.15) is 21.3 Å². The molecular formula is C36H32N2O10S2. The summed E-state index contributed by atoms with van der Waals surface area (Å²) in [7, 11) is -6.48. The van der Waals surface area contributed by atoms with Crippen molar-refractivity contribution in [2.45, 2.75) is 23.6 Å². The fourth-order valence-corrected chi connectivity index (χ4v) is 6.67. The number of hydrogen-bond acceptors (Lipinski definition) is 10. The highest BCUT2D eigenvalue weighted by molar-refractivity contribution is 7.87. The third-order valence-corrected chi connectivity index (χ3v) is 9.53. The van der Waals surface area contributed by atoms with E-state index in [1.807, 2.05) is 0 Å². The van der Waals surface area contributed by atoms with Crippen molar-refractivity contribution in [3.05, 3.63) is 151 Å². The fraction of sp³-hybridized carbons (Fsp3) is 0.111. The summed E-state index contributed by atoms with van der Waals surface area (Å²) in [5, 5.41) is 0. The Hall–Kier alpha value is -5.86. The van der Waals surface area contributed by atoms with Gasteiger partial charge in [-0.15, -0.1) is 9.46 Å². The zero-order valence-corrected chi connectivity index (χ0v) is 29.0. The lowest BCUT2D eigenvalue weighted by Gasteiger charge is -2.14. The molecule has 0 aliphatic rings. The lowest BCUT2D eigenvalue weighted by atomic mass is 10.1. The van der Waals surface area contributed by atoms with Gasteiger partial charge >= 0.3 is 20.2 Å². The van der Waals surface area contributed by atoms with Crippen LogP contribution in [0.2, 0.25) is 0 Å². The molecule has 258 valence electrons. The van der Waals surface area contributed by atoms with Crippen molar-refractivity contribution < 1.29 is 34.9 Å². The van der Waals surface area contributed by atoms with Crippen LogP contribution in [0.5, 0.6) is 11.5 Å². The van der Waals surface area contributed by atoms with Gasteiger partial charge in [-0.2, -0.15) is 16.8 Å². The van der Waals surface area contributed by atoms with Gasteiger partial charge in [0.25, 0.3) is 11.1 Å². The number of rotatable bonds is 12. The second kappa shape index (κ2) is 14.7. The van der Waals surface area contributed by atoms with Crippen molar-refractivity contribution in [3.63, 3.8) is 0 Å². The number of aromatic nitrogens is 2. The van der Waals surface area contributed by atoms with Gasteiger partial charge in [0.15, 0.2) is 0 Å². The minimum atomic E-state index is -4.78. The van der Waals surface area contributed by atoms with Crippen molar-refractivity contribution in [2.75, 3.05) is 14.2 Å². The summed E-state index contributed by atoms with van der Waals surface area (Å²) in [4.78, 5) is 24.7. The second-order valence-electron chi connectivity index (χ2n) is 10.9. The van der Waals surface area contributed by atoms with Crippen LogP contribution < -0.4 is 29.2 Å². The minimum Gasteiger partial charge on any atom is -0.497 e. The molecule has 0 amide bonds. The average molecular weight is 717 g/mol. The third-order valence-electron chi connectivity index (χ3n) is 7.18. The van der Waals surface area contributed by atoms with Crippen molar-refractivity contribution in [1.29, 1.82) is 0 Å². The number of aryl methyl sites for hydroxylation is 2. The first-order valence-electron chi connectivity index (χ1n) is 14.9. The first-order valence-corrected chi connectivity index (χ1v) is 17.7. The van der Waals surface area contributed by atoms with E-state index in [0.717, 1.165) is 35.4 Å². The van der Waals surface area contributed by atoms with Gasteiger partial charge in [0.2, 0.25) is 0 Å². The molecule has 0 fully saturated rings. The first kappa shape index (κ1) is 35.4. The van der Waals surface area contributed by atoms with E-state index in [9.17, 15) is 26.4 Å². The van der Waals surface area contributed by atoms with Crippen LogP contribution in [0.4, 0.5) is 0 Å². The fourth-order valence-electron chi connectivity index (χ4n) is 4.68. The molecule has 14 heteroatoms. The highest BCUT2D eigenvalue weighted by Crippen LogP contribution is 2.20. The molecule has 5 rings (SSSR count). The summed E-state index contributed by atoms with van der Waals surface area (Å²) in [6, 6.07) is 23.7. The van der Waals surface area contributed by atoms with E-state index in [4.69, 9.17) is 18.0 Å². The molecule has 0 atom stereocenters. The zero-order chi connectivity index (χ0) is 36.1. The zero-order valence-electron chi connectivity index (χ0n) is 27.3. The molecule has 0 bridgehead atoms. The maximum Gasteiger partial charge on any atom is 0.357 e. The minimum absolute atomic E-state index is 0.107. The predicted molar refractivity (Wildman–Crippen MR) is 189 cm³/mol. The highest BCUT2D eigenvalue weighted by Gasteiger charge is 2.25. The van der Waals surface area contributed by atoms with E-state index >= 15 is 0 Å². The molecule has 50 heavy (non-hydrogen) atoms. The predicted octanol–water partition coefficient (Wildman–Crippen LogP) is 4.62. The number of pyridine rings is 2. The molecule has 0 N–H and O–H groups in total. The SMILES string of the molecule is COc1ccc(/C=C/c2cc(C)cc(=O)n2OS(=O)(=O)c2cccc(S(=O)(=O)On3c(/C=C/c4ccc(OC)cc4)cc(C)cc3=O)c2)cc1. The first-order chi connectivity index (χ1) is 23.8. The summed E-state index contributed by atoms with van der Waals surface area (Å²) < 4.78 is 75.8. The van der Waals surface area contributed by atoms with Crippen LogP contribution in [0, 0.1) is 13.8 Å². The van der Waals surface area contributed by atoms with Crippen molar-refractivity contribution >= 4 is 44.5 Å². The summed E-state index contributed by atoms with van der Waals surface area (Å²) in [6.07, 6.45) is 6.30. The van der Waals surface area contributed by atoms with E-state index in [0.29, 0.717) is 32.1 Å². The van der Waals surface area contributed by atoms with Crippen LogP contribution >= 0.6 is 0 Å². The Bertz CT molecular complexity index is 2260. The molecule has 3 aromatic carbocycles. The summed E-state index contributed by atoms with van der Waals surface area (Å²) in [6.45, 7) is 3.33. The topological polar surface area (TPSA) is 149 Å². The Morgan fingerprint density at radius 3 is 1.26 bits per heavy atom. The molecule has 0 saturated carbocycles. The quantitative estimate of drug-likeness (QED) is 0.179. The Labute approximate surface area is 288 Å². The Morgan fingerprint density at radius 2 is 0.900 bits per heavy atom. The monoisotopic (exact) mass is 716 g/mol. The van der Waals surface area contributed by atoms with Crippen molar-refractivity contribution in [1.82, 2.24) is 9.46 Å². The van der Waals surface area contributed by atoms with Crippen LogP contribution in [0.15, 0.2) is 116 Å². The molecule has 0 saturated heterocycles. The standard InChI is InChI=1S/C36H32N2O10S2/c1-25-20-29(14-8-27-10-16-31(45-3)17-11-27)37(35(39)22-25)47-49(41,42)33-6-5-7-34(24-33)50(43,44)48-38-30(21-26(2)23-36(38)40)15-9-28-12-18-32(46-4)19-13-28/h5-24H,1-4H3/b14-8+,15-9+. The van der Waals surface area contributed by atoms with E-state index in [2.05, 4.69) is 0 Å². The molecule has 5 aromatic rings. The van der Waals surface area contributed by atoms with E-state index in [1.54, 1.807) is 86.7 Å². The summed E-state index contributed by atoms with van der Waals surface area (Å²) in [5.41, 5.74) is 1.24. The highest BCUT2D eigenvalue weighted by atomic mass is 32.2. The van der Waals surface area contributed by atoms with Crippen molar-refractivity contribution in [2.24, 2.45) is 0 Å². The van der Waals surface area contributed by atoms with Crippen LogP contribution in [0.1, 0.15) is 33.6 Å². The second-order valence-corrected chi connectivity index (χ2v) is 14.0. The molecular weight excluding hydrogens is 685 g/mol. The Kier molecular flexibility index (Phi) is 10.4. The van der Waals surface area contributed by atoms with Gasteiger partial charge in [-0.25, -0.2) is 0 Å². The van der Waals surface area contributed by atoms with Gasteiger partial charge in [0, 0.05) is 12.1 Å². The van der Waals surface area contributed by atoms with Crippen LogP contribution in [0.3, 0.4) is 0 Å². The van der Waals surface area contributed by atoms with Gasteiger partial charge < -0.3 is 9.47 Å². The van der Waals surface area contributed by atoms with Gasteiger partial charge in [-0.1, -0.05) is 42.5 Å². The normalized spacial score (nSPS) is 11.9. The number of ether oxygens (including phenoxy) is 2. The smallest absolute Gasteiger partial charge is 0.357 e. The lowest BCUT2D eigenvalue weighted by molar-refractivity contribution is 0.263. The van der Waals surface area contributed by atoms with E-state index < -0.39 is 41.1 Å². The van der Waals surface area contributed by atoms with Crippen LogP contribution in [0.25, 0.3) is 24.3 Å². The number of nitrogens with zero attached hydrogens (tertiary/aromatic N) is 2. The van der Waals surface area contributed by atoms with Crippen molar-refractivity contribution in [3.8, 4) is 11.5 Å². The number of methoxy groups -OCH3 is 2. The molecule has 12 nitrogen and oxygen atoms in total. The average Bonchev–Trinajstić information content (AvgIpc) is 3.09. The molecule has 0 radical (unpaired) electrons. The molecule has 2 aromatic heterocycles. The molecule has 0 spiro atoms. The number of benzene rings is 3. The molecule has 0 aliphatic heterocycles. The molecule has 2 heterocycles.